The summed E-state index contributed by atoms with van der Waals surface area (Å²) in [6, 6.07) is 15.6. The Morgan fingerprint density at radius 1 is 1.04 bits per heavy atom. The average Bonchev–Trinajstić information content (AvgIpc) is 3.00. The maximum atomic E-state index is 12.2. The molecule has 2 aromatic rings. The molecule has 0 radical (unpaired) electrons. The lowest BCUT2D eigenvalue weighted by Gasteiger charge is -2.07. The van der Waals surface area contributed by atoms with Crippen LogP contribution in [0.2, 0.25) is 0 Å². The van der Waals surface area contributed by atoms with E-state index in [0.29, 0.717) is 29.5 Å². The summed E-state index contributed by atoms with van der Waals surface area (Å²) in [5.74, 6) is 1.84. The van der Waals surface area contributed by atoms with Crippen LogP contribution < -0.4 is 14.8 Å². The molecule has 1 aliphatic rings. The van der Waals surface area contributed by atoms with Crippen molar-refractivity contribution in [3.05, 3.63) is 65.4 Å². The number of aryl methyl sites for hydroxylation is 1. The summed E-state index contributed by atoms with van der Waals surface area (Å²) in [5.41, 5.74) is 2.33. The van der Waals surface area contributed by atoms with Gasteiger partial charge >= 0.3 is 0 Å². The van der Waals surface area contributed by atoms with E-state index in [1.165, 1.54) is 5.56 Å². The highest BCUT2D eigenvalue weighted by Gasteiger charge is 2.20. The molecule has 1 heterocycles. The zero-order valence-electron chi connectivity index (χ0n) is 14.3. The van der Waals surface area contributed by atoms with E-state index in [4.69, 9.17) is 9.47 Å². The molecule has 25 heavy (non-hydrogen) atoms. The van der Waals surface area contributed by atoms with Crippen LogP contribution in [0.3, 0.4) is 0 Å². The fraction of sp³-hybridized carbons (Fsp3) is 0.200. The lowest BCUT2D eigenvalue weighted by Crippen LogP contribution is -2.24. The number of amides is 1. The van der Waals surface area contributed by atoms with Crippen molar-refractivity contribution < 1.29 is 14.3 Å². The van der Waals surface area contributed by atoms with Gasteiger partial charge in [0, 0.05) is 12.0 Å². The van der Waals surface area contributed by atoms with Gasteiger partial charge in [-0.2, -0.15) is 0 Å². The number of benzene rings is 2. The first-order chi connectivity index (χ1) is 12.2. The predicted molar refractivity (Wildman–Crippen MR) is 97.9 cm³/mol. The molecule has 5 heteroatoms. The maximum absolute atomic E-state index is 12.2. The van der Waals surface area contributed by atoms with Crippen LogP contribution in [0.15, 0.2) is 59.2 Å². The highest BCUT2D eigenvalue weighted by Crippen LogP contribution is 2.27. The van der Waals surface area contributed by atoms with E-state index in [0.717, 1.165) is 12.0 Å². The normalized spacial score (nSPS) is 15.0. The van der Waals surface area contributed by atoms with Crippen LogP contribution in [-0.4, -0.2) is 26.0 Å². The molecule has 0 aromatic heterocycles. The third kappa shape index (κ3) is 4.07. The Balaban J connectivity index is 1.79. The molecule has 0 unspecified atom stereocenters. The molecule has 1 aliphatic heterocycles. The Labute approximate surface area is 147 Å². The first-order valence-corrected chi connectivity index (χ1v) is 8.06. The second kappa shape index (κ2) is 7.66. The van der Waals surface area contributed by atoms with Crippen LogP contribution in [0.1, 0.15) is 17.5 Å². The SMILES string of the molecule is COc1ccc(OC)c(/C=C2\N=C(CCc3ccccc3)NC2=O)c1. The largest absolute Gasteiger partial charge is 0.497 e. The lowest BCUT2D eigenvalue weighted by molar-refractivity contribution is -0.115. The molecule has 3 rings (SSSR count). The van der Waals surface area contributed by atoms with E-state index >= 15 is 0 Å². The van der Waals surface area contributed by atoms with Crippen LogP contribution in [-0.2, 0) is 11.2 Å². The topological polar surface area (TPSA) is 59.9 Å². The highest BCUT2D eigenvalue weighted by molar-refractivity contribution is 6.14. The Morgan fingerprint density at radius 2 is 1.84 bits per heavy atom. The number of rotatable bonds is 6. The number of hydrogen-bond acceptors (Lipinski definition) is 4. The van der Waals surface area contributed by atoms with E-state index in [2.05, 4.69) is 22.4 Å². The summed E-state index contributed by atoms with van der Waals surface area (Å²) >= 11 is 0. The third-order valence-corrected chi connectivity index (χ3v) is 3.97. The number of hydrogen-bond donors (Lipinski definition) is 1. The molecule has 0 spiro atoms. The van der Waals surface area contributed by atoms with Gasteiger partial charge in [-0.05, 0) is 36.3 Å². The Bertz CT molecular complexity index is 826. The standard InChI is InChI=1S/C20H20N2O3/c1-24-16-9-10-18(25-2)15(12-16)13-17-20(23)22-19(21-17)11-8-14-6-4-3-5-7-14/h3-7,9-10,12-13H,8,11H2,1-2H3,(H,21,22,23)/b17-13-. The first-order valence-electron chi connectivity index (χ1n) is 8.06. The summed E-state index contributed by atoms with van der Waals surface area (Å²) in [7, 11) is 3.19. The van der Waals surface area contributed by atoms with E-state index in [-0.39, 0.29) is 5.91 Å². The number of carbonyl (C=O) groups is 1. The Morgan fingerprint density at radius 3 is 2.56 bits per heavy atom. The van der Waals surface area contributed by atoms with Gasteiger partial charge in [-0.25, -0.2) is 4.99 Å². The molecule has 0 saturated heterocycles. The zero-order chi connectivity index (χ0) is 17.6. The minimum absolute atomic E-state index is 0.201. The zero-order valence-corrected chi connectivity index (χ0v) is 14.3. The molecule has 0 atom stereocenters. The summed E-state index contributed by atoms with van der Waals surface area (Å²) in [4.78, 5) is 16.6. The van der Waals surface area contributed by atoms with Crippen molar-refractivity contribution in [3.8, 4) is 11.5 Å². The number of ether oxygens (including phenoxy) is 2. The second-order valence-corrected chi connectivity index (χ2v) is 5.64. The predicted octanol–water partition coefficient (Wildman–Crippen LogP) is 3.21. The molecule has 0 fully saturated rings. The van der Waals surface area contributed by atoms with Crippen molar-refractivity contribution in [1.29, 1.82) is 0 Å². The lowest BCUT2D eigenvalue weighted by atomic mass is 10.1. The van der Waals surface area contributed by atoms with E-state index in [9.17, 15) is 4.79 Å². The molecule has 0 saturated carbocycles. The molecule has 2 aromatic carbocycles. The minimum Gasteiger partial charge on any atom is -0.497 e. The summed E-state index contributed by atoms with van der Waals surface area (Å²) in [6.45, 7) is 0. The quantitative estimate of drug-likeness (QED) is 0.824. The van der Waals surface area contributed by atoms with Crippen LogP contribution in [0.4, 0.5) is 0 Å². The number of carbonyl (C=O) groups excluding carboxylic acids is 1. The van der Waals surface area contributed by atoms with Crippen molar-refractivity contribution >= 4 is 17.8 Å². The minimum atomic E-state index is -0.201. The Kier molecular flexibility index (Phi) is 5.14. The maximum Gasteiger partial charge on any atom is 0.275 e. The molecular weight excluding hydrogens is 316 g/mol. The molecule has 1 N–H and O–H groups in total. The monoisotopic (exact) mass is 336 g/mol. The van der Waals surface area contributed by atoms with Gasteiger partial charge in [-0.15, -0.1) is 0 Å². The van der Waals surface area contributed by atoms with Crippen LogP contribution >= 0.6 is 0 Å². The molecule has 0 aliphatic carbocycles. The van der Waals surface area contributed by atoms with Crippen molar-refractivity contribution in [2.24, 2.45) is 4.99 Å². The fourth-order valence-corrected chi connectivity index (χ4v) is 2.64. The molecule has 0 bridgehead atoms. The van der Waals surface area contributed by atoms with Gasteiger partial charge in [0.05, 0.1) is 14.2 Å². The van der Waals surface area contributed by atoms with Crippen LogP contribution in [0, 0.1) is 0 Å². The van der Waals surface area contributed by atoms with Gasteiger partial charge in [0.1, 0.15) is 23.0 Å². The van der Waals surface area contributed by atoms with E-state index in [1.54, 1.807) is 26.4 Å². The summed E-state index contributed by atoms with van der Waals surface area (Å²) in [5, 5.41) is 2.83. The number of aliphatic imine (C=N–C) groups is 1. The molecule has 128 valence electrons. The smallest absolute Gasteiger partial charge is 0.275 e. The summed E-state index contributed by atoms with van der Waals surface area (Å²) < 4.78 is 10.6. The van der Waals surface area contributed by atoms with Gasteiger partial charge in [-0.3, -0.25) is 4.79 Å². The number of methoxy groups -OCH3 is 2. The van der Waals surface area contributed by atoms with Gasteiger partial charge < -0.3 is 14.8 Å². The number of amidine groups is 1. The number of nitrogens with zero attached hydrogens (tertiary/aromatic N) is 1. The highest BCUT2D eigenvalue weighted by atomic mass is 16.5. The van der Waals surface area contributed by atoms with Crippen molar-refractivity contribution in [2.75, 3.05) is 14.2 Å². The molecule has 1 amide bonds. The van der Waals surface area contributed by atoms with Crippen molar-refractivity contribution in [2.45, 2.75) is 12.8 Å². The van der Waals surface area contributed by atoms with E-state index in [1.807, 2.05) is 30.3 Å². The molecular formula is C20H20N2O3. The fourth-order valence-electron chi connectivity index (χ4n) is 2.64. The van der Waals surface area contributed by atoms with Crippen molar-refractivity contribution in [3.63, 3.8) is 0 Å². The van der Waals surface area contributed by atoms with Gasteiger partial charge in [0.25, 0.3) is 5.91 Å². The van der Waals surface area contributed by atoms with Gasteiger partial charge in [-0.1, -0.05) is 30.3 Å². The van der Waals surface area contributed by atoms with Crippen LogP contribution in [0.25, 0.3) is 6.08 Å². The first kappa shape index (κ1) is 16.8. The third-order valence-electron chi connectivity index (χ3n) is 3.97. The Hall–Kier alpha value is -3.08. The molecule has 5 nitrogen and oxygen atoms in total. The van der Waals surface area contributed by atoms with Gasteiger partial charge in [0.15, 0.2) is 0 Å². The summed E-state index contributed by atoms with van der Waals surface area (Å²) in [6.07, 6.45) is 3.23. The van der Waals surface area contributed by atoms with Crippen LogP contribution in [0.5, 0.6) is 11.5 Å². The number of nitrogens with one attached hydrogen (secondary N) is 1. The second-order valence-electron chi connectivity index (χ2n) is 5.64. The van der Waals surface area contributed by atoms with E-state index < -0.39 is 0 Å². The average molecular weight is 336 g/mol. The van der Waals surface area contributed by atoms with Crippen molar-refractivity contribution in [1.82, 2.24) is 5.32 Å². The van der Waals surface area contributed by atoms with Gasteiger partial charge in [0.2, 0.25) is 0 Å².